The topological polar surface area (TPSA) is 63.0 Å². The first-order valence-electron chi connectivity index (χ1n) is 7.63. The Balaban J connectivity index is 1.95. The lowest BCUT2D eigenvalue weighted by molar-refractivity contribution is -0.137. The number of para-hydroxylation sites is 1. The molecule has 25 heavy (non-hydrogen) atoms. The first-order valence-corrected chi connectivity index (χ1v) is 7.63. The Labute approximate surface area is 140 Å². The minimum atomic E-state index is -4.55. The van der Waals surface area contributed by atoms with Crippen molar-refractivity contribution < 1.29 is 18.3 Å². The fourth-order valence-electron chi connectivity index (χ4n) is 3.00. The Hall–Kier alpha value is -3.03. The number of nitrogens with zero attached hydrogens (tertiary/aromatic N) is 3. The zero-order chi connectivity index (χ0) is 17.6. The molecule has 0 aliphatic carbocycles. The minimum Gasteiger partial charge on any atom is -0.493 e. The number of benzene rings is 1. The number of hydrogen-bond acceptors (Lipinski definition) is 4. The van der Waals surface area contributed by atoms with Crippen molar-refractivity contribution in [3.63, 3.8) is 0 Å². The van der Waals surface area contributed by atoms with Crippen molar-refractivity contribution in [3.05, 3.63) is 53.7 Å². The van der Waals surface area contributed by atoms with Crippen molar-refractivity contribution >= 4 is 5.82 Å². The van der Waals surface area contributed by atoms with E-state index in [2.05, 4.69) is 15.4 Å². The summed E-state index contributed by atoms with van der Waals surface area (Å²) in [6.45, 7) is 0.497. The van der Waals surface area contributed by atoms with Crippen LogP contribution in [0.3, 0.4) is 0 Å². The molecule has 4 rings (SSSR count). The highest BCUT2D eigenvalue weighted by Crippen LogP contribution is 2.40. The normalized spacial score (nSPS) is 13.6. The van der Waals surface area contributed by atoms with Gasteiger partial charge in [0.15, 0.2) is 0 Å². The highest BCUT2D eigenvalue weighted by Gasteiger charge is 2.35. The summed E-state index contributed by atoms with van der Waals surface area (Å²) in [6.07, 6.45) is -2.51. The van der Waals surface area contributed by atoms with Crippen molar-refractivity contribution in [1.82, 2.24) is 14.8 Å². The summed E-state index contributed by atoms with van der Waals surface area (Å²) < 4.78 is 40.9. The lowest BCUT2D eigenvalue weighted by Gasteiger charge is -2.13. The number of aromatic nitrogens is 3. The van der Waals surface area contributed by atoms with Crippen LogP contribution in [0, 0.1) is 0 Å². The summed E-state index contributed by atoms with van der Waals surface area (Å²) in [5.41, 5.74) is 0.513. The van der Waals surface area contributed by atoms with Crippen LogP contribution < -0.4 is 5.32 Å². The molecular weight excluding hydrogens is 333 g/mol. The SMILES string of the molecule is Oc1c2c(nn1-c1ccccc1C(F)(F)F)-c1cccnc1NCC2. The molecular formula is C17H13F3N4O. The van der Waals surface area contributed by atoms with Gasteiger partial charge >= 0.3 is 6.18 Å². The number of halogens is 3. The first kappa shape index (κ1) is 15.5. The maximum Gasteiger partial charge on any atom is 0.418 e. The molecule has 1 aliphatic heterocycles. The lowest BCUT2D eigenvalue weighted by Crippen LogP contribution is -2.11. The van der Waals surface area contributed by atoms with Gasteiger partial charge in [-0.05, 0) is 30.7 Å². The number of pyridine rings is 1. The van der Waals surface area contributed by atoms with Crippen LogP contribution in [-0.2, 0) is 12.6 Å². The smallest absolute Gasteiger partial charge is 0.418 e. The monoisotopic (exact) mass is 346 g/mol. The van der Waals surface area contributed by atoms with E-state index < -0.39 is 11.7 Å². The number of aromatic hydroxyl groups is 1. The van der Waals surface area contributed by atoms with Crippen LogP contribution >= 0.6 is 0 Å². The van der Waals surface area contributed by atoms with Crippen LogP contribution in [0.25, 0.3) is 16.9 Å². The second-order valence-corrected chi connectivity index (χ2v) is 5.65. The van der Waals surface area contributed by atoms with E-state index in [4.69, 9.17) is 0 Å². The highest BCUT2D eigenvalue weighted by molar-refractivity contribution is 5.77. The number of hydrogen-bond donors (Lipinski definition) is 2. The largest absolute Gasteiger partial charge is 0.493 e. The predicted octanol–water partition coefficient (Wildman–Crippen LogP) is 3.63. The molecule has 0 bridgehead atoms. The molecule has 0 radical (unpaired) electrons. The quantitative estimate of drug-likeness (QED) is 0.706. The Morgan fingerprint density at radius 2 is 1.92 bits per heavy atom. The molecule has 3 aromatic rings. The molecule has 0 saturated heterocycles. The van der Waals surface area contributed by atoms with Gasteiger partial charge in [0, 0.05) is 23.9 Å². The van der Waals surface area contributed by atoms with Crippen molar-refractivity contribution in [2.75, 3.05) is 11.9 Å². The third kappa shape index (κ3) is 2.50. The maximum atomic E-state index is 13.3. The van der Waals surface area contributed by atoms with Gasteiger partial charge < -0.3 is 10.4 Å². The van der Waals surface area contributed by atoms with Gasteiger partial charge in [0.25, 0.3) is 0 Å². The fraction of sp³-hybridized carbons (Fsp3) is 0.176. The molecule has 0 amide bonds. The van der Waals surface area contributed by atoms with Crippen molar-refractivity contribution in [2.24, 2.45) is 0 Å². The van der Waals surface area contributed by atoms with Crippen LogP contribution in [0.15, 0.2) is 42.6 Å². The molecule has 128 valence electrons. The van der Waals surface area contributed by atoms with Crippen LogP contribution in [0.2, 0.25) is 0 Å². The third-order valence-electron chi connectivity index (χ3n) is 4.12. The molecule has 5 nitrogen and oxygen atoms in total. The van der Waals surface area contributed by atoms with E-state index in [1.165, 1.54) is 18.2 Å². The van der Waals surface area contributed by atoms with E-state index in [0.29, 0.717) is 35.6 Å². The van der Waals surface area contributed by atoms with Gasteiger partial charge in [0.2, 0.25) is 5.88 Å². The van der Waals surface area contributed by atoms with Crippen LogP contribution in [0.1, 0.15) is 11.1 Å². The van der Waals surface area contributed by atoms with E-state index in [1.54, 1.807) is 18.3 Å². The molecule has 0 fully saturated rings. The fourth-order valence-corrected chi connectivity index (χ4v) is 3.00. The first-order chi connectivity index (χ1) is 12.0. The summed E-state index contributed by atoms with van der Waals surface area (Å²) in [4.78, 5) is 4.22. The lowest BCUT2D eigenvalue weighted by atomic mass is 10.1. The van der Waals surface area contributed by atoms with Gasteiger partial charge in [-0.3, -0.25) is 0 Å². The average Bonchev–Trinajstić information content (AvgIpc) is 2.80. The van der Waals surface area contributed by atoms with Crippen LogP contribution in [0.4, 0.5) is 19.0 Å². The van der Waals surface area contributed by atoms with Gasteiger partial charge in [-0.1, -0.05) is 12.1 Å². The molecule has 2 N–H and O–H groups in total. The van der Waals surface area contributed by atoms with Gasteiger partial charge in [0.1, 0.15) is 11.5 Å². The van der Waals surface area contributed by atoms with Gasteiger partial charge in [0.05, 0.1) is 11.3 Å². The summed E-state index contributed by atoms with van der Waals surface area (Å²) >= 11 is 0. The van der Waals surface area contributed by atoms with Crippen molar-refractivity contribution in [1.29, 1.82) is 0 Å². The number of anilines is 1. The number of nitrogens with one attached hydrogen (secondary N) is 1. The Kier molecular flexibility index (Phi) is 3.41. The second kappa shape index (κ2) is 5.51. The number of fused-ring (bicyclic) bond motifs is 3. The molecule has 0 atom stereocenters. The molecule has 1 aliphatic rings. The van der Waals surface area contributed by atoms with Crippen molar-refractivity contribution in [2.45, 2.75) is 12.6 Å². The van der Waals surface area contributed by atoms with Crippen molar-refractivity contribution in [3.8, 4) is 22.8 Å². The molecule has 2 aromatic heterocycles. The Morgan fingerprint density at radius 3 is 2.72 bits per heavy atom. The maximum absolute atomic E-state index is 13.3. The van der Waals surface area contributed by atoms with E-state index in [-0.39, 0.29) is 11.6 Å². The van der Waals surface area contributed by atoms with Gasteiger partial charge in [-0.2, -0.15) is 23.0 Å². The zero-order valence-electron chi connectivity index (χ0n) is 12.9. The summed E-state index contributed by atoms with van der Waals surface area (Å²) in [5, 5.41) is 18.0. The number of rotatable bonds is 1. The van der Waals surface area contributed by atoms with Crippen LogP contribution in [-0.4, -0.2) is 26.4 Å². The predicted molar refractivity (Wildman–Crippen MR) is 85.7 cm³/mol. The van der Waals surface area contributed by atoms with Gasteiger partial charge in [-0.25, -0.2) is 4.98 Å². The third-order valence-corrected chi connectivity index (χ3v) is 4.12. The molecule has 0 spiro atoms. The average molecular weight is 346 g/mol. The van der Waals surface area contributed by atoms with E-state index in [0.717, 1.165) is 10.7 Å². The van der Waals surface area contributed by atoms with Crippen LogP contribution in [0.5, 0.6) is 5.88 Å². The summed E-state index contributed by atoms with van der Waals surface area (Å²) in [6, 6.07) is 8.53. The summed E-state index contributed by atoms with van der Waals surface area (Å²) in [7, 11) is 0. The van der Waals surface area contributed by atoms with E-state index in [1.807, 2.05) is 0 Å². The molecule has 0 saturated carbocycles. The minimum absolute atomic E-state index is 0.209. The molecule has 3 heterocycles. The summed E-state index contributed by atoms with van der Waals surface area (Å²) in [5.74, 6) is 0.306. The van der Waals surface area contributed by atoms with E-state index in [9.17, 15) is 18.3 Å². The molecule has 1 aromatic carbocycles. The highest BCUT2D eigenvalue weighted by atomic mass is 19.4. The Morgan fingerprint density at radius 1 is 1.12 bits per heavy atom. The Bertz CT molecular complexity index is 949. The number of alkyl halides is 3. The van der Waals surface area contributed by atoms with Gasteiger partial charge in [-0.15, -0.1) is 0 Å². The van der Waals surface area contributed by atoms with E-state index >= 15 is 0 Å². The zero-order valence-corrected chi connectivity index (χ0v) is 12.9. The standard InChI is InChI=1S/C17H13F3N4O/c18-17(19,20)12-5-1-2-6-13(12)24-16(25)11-7-9-22-15-10(14(11)23-24)4-3-8-21-15/h1-6,8,25H,7,9H2,(H,21,22). The molecule has 0 unspecified atom stereocenters. The molecule has 8 heteroatoms. The second-order valence-electron chi connectivity index (χ2n) is 5.65.